The van der Waals surface area contributed by atoms with Gasteiger partial charge in [0.25, 0.3) is 0 Å². The number of rotatable bonds is 10. The average Bonchev–Trinajstić information content (AvgIpc) is 3.73. The quantitative estimate of drug-likeness (QED) is 0.281. The van der Waals surface area contributed by atoms with Crippen LogP contribution < -0.4 is 5.32 Å². The molecule has 1 unspecified atom stereocenters. The van der Waals surface area contributed by atoms with Crippen molar-refractivity contribution >= 4 is 11.8 Å². The minimum Gasteiger partial charge on any atom is -0.356 e. The molecule has 1 spiro atoms. The van der Waals surface area contributed by atoms with Crippen LogP contribution in [0.4, 0.5) is 4.39 Å². The maximum atomic E-state index is 12.7. The molecule has 0 bridgehead atoms. The van der Waals surface area contributed by atoms with Gasteiger partial charge in [-0.15, -0.1) is 12.3 Å². The minimum absolute atomic E-state index is 0.116. The van der Waals surface area contributed by atoms with Crippen LogP contribution in [0.2, 0.25) is 0 Å². The predicted octanol–water partition coefficient (Wildman–Crippen LogP) is 6.14. The second-order valence-electron chi connectivity index (χ2n) is 11.4. The Balaban J connectivity index is 0.000000258. The zero-order chi connectivity index (χ0) is 29.4. The van der Waals surface area contributed by atoms with Gasteiger partial charge in [0.15, 0.2) is 0 Å². The fourth-order valence-corrected chi connectivity index (χ4v) is 5.24. The number of benzene rings is 1. The first-order valence-electron chi connectivity index (χ1n) is 14.8. The molecule has 2 heterocycles. The highest BCUT2D eigenvalue weighted by Crippen LogP contribution is 2.41. The number of hydrogen-bond donors (Lipinski definition) is 1. The number of likely N-dealkylation sites (tertiary alicyclic amines) is 2. The molecule has 40 heavy (non-hydrogen) atoms. The summed E-state index contributed by atoms with van der Waals surface area (Å²) in [7, 11) is 2.11. The van der Waals surface area contributed by atoms with Crippen molar-refractivity contribution in [1.29, 1.82) is 0 Å². The first-order valence-corrected chi connectivity index (χ1v) is 14.8. The molecular formula is C34H50FN3O2. The topological polar surface area (TPSA) is 52.6 Å². The summed E-state index contributed by atoms with van der Waals surface area (Å²) in [6.07, 6.45) is 17.0. The third-order valence-corrected chi connectivity index (χ3v) is 8.15. The van der Waals surface area contributed by atoms with Gasteiger partial charge in [-0.3, -0.25) is 9.59 Å². The zero-order valence-corrected chi connectivity index (χ0v) is 25.1. The van der Waals surface area contributed by atoms with E-state index < -0.39 is 6.67 Å². The van der Waals surface area contributed by atoms with Gasteiger partial charge < -0.3 is 15.1 Å². The summed E-state index contributed by atoms with van der Waals surface area (Å²) in [4.78, 5) is 28.4. The van der Waals surface area contributed by atoms with Crippen molar-refractivity contribution in [2.24, 2.45) is 11.3 Å². The van der Waals surface area contributed by atoms with Gasteiger partial charge in [0.2, 0.25) is 11.8 Å². The van der Waals surface area contributed by atoms with Gasteiger partial charge >= 0.3 is 0 Å². The maximum Gasteiger partial charge on any atom is 0.229 e. The third kappa shape index (κ3) is 11.3. The SMILES string of the molecule is C#CC.C/C=C(\C=C/CF)CN1CCC2(CCN(C)CC2)C1=O.CC(CCNC(=O)CC1CC1)c1ccccc1. The van der Waals surface area contributed by atoms with Crippen molar-refractivity contribution in [3.05, 3.63) is 59.7 Å². The van der Waals surface area contributed by atoms with E-state index in [-0.39, 0.29) is 11.3 Å². The molecule has 1 saturated carbocycles. The Hall–Kier alpha value is -2.91. The van der Waals surface area contributed by atoms with Crippen LogP contribution in [0.25, 0.3) is 0 Å². The monoisotopic (exact) mass is 551 g/mol. The number of nitrogens with one attached hydrogen (secondary N) is 1. The summed E-state index contributed by atoms with van der Waals surface area (Å²) in [6, 6.07) is 10.5. The molecule has 1 aromatic carbocycles. The Kier molecular flexibility index (Phi) is 14.7. The van der Waals surface area contributed by atoms with E-state index in [2.05, 4.69) is 60.8 Å². The van der Waals surface area contributed by atoms with E-state index in [1.807, 2.05) is 24.0 Å². The van der Waals surface area contributed by atoms with E-state index >= 15 is 0 Å². The number of halogens is 1. The molecule has 220 valence electrons. The fourth-order valence-electron chi connectivity index (χ4n) is 5.24. The van der Waals surface area contributed by atoms with Crippen molar-refractivity contribution < 1.29 is 14.0 Å². The molecule has 4 rings (SSSR count). The highest BCUT2D eigenvalue weighted by molar-refractivity contribution is 5.85. The van der Waals surface area contributed by atoms with E-state index in [1.54, 1.807) is 13.0 Å². The molecule has 1 N–H and O–H groups in total. The van der Waals surface area contributed by atoms with Crippen molar-refractivity contribution in [3.8, 4) is 12.3 Å². The van der Waals surface area contributed by atoms with Gasteiger partial charge in [-0.2, -0.15) is 0 Å². The van der Waals surface area contributed by atoms with Crippen LogP contribution in [0.1, 0.15) is 77.2 Å². The van der Waals surface area contributed by atoms with Crippen molar-refractivity contribution in [3.63, 3.8) is 0 Å². The minimum atomic E-state index is -0.457. The Labute approximate surface area is 242 Å². The van der Waals surface area contributed by atoms with E-state index in [9.17, 15) is 14.0 Å². The molecule has 3 fully saturated rings. The number of allylic oxidation sites excluding steroid dienone is 2. The molecule has 0 aromatic heterocycles. The number of terminal acetylenes is 1. The first kappa shape index (κ1) is 33.3. The van der Waals surface area contributed by atoms with E-state index in [0.29, 0.717) is 24.3 Å². The lowest BCUT2D eigenvalue weighted by Crippen LogP contribution is -2.43. The lowest BCUT2D eigenvalue weighted by molar-refractivity contribution is -0.137. The Bertz CT molecular complexity index is 1000. The molecular weight excluding hydrogens is 501 g/mol. The molecule has 5 nitrogen and oxygen atoms in total. The maximum absolute atomic E-state index is 12.7. The number of piperidine rings is 1. The number of alkyl halides is 1. The molecule has 2 aliphatic heterocycles. The van der Waals surface area contributed by atoms with Gasteiger partial charge in [0.1, 0.15) is 6.67 Å². The molecule has 2 saturated heterocycles. The standard InChI is InChI=1S/C16H25FN2O.C15H21NO.C3H4/c1-3-14(5-4-9-17)13-19-12-8-16(15(19)20)6-10-18(2)11-7-16;1-12(14-5-3-2-4-6-14)9-10-16-15(17)11-13-7-8-13;1-3-2/h3-5H,6-13H2,1-2H3;2-6,12-13H,7-11H2,1H3,(H,16,17);1H,2H3/b5-4-,14-3+;;. The summed E-state index contributed by atoms with van der Waals surface area (Å²) < 4.78 is 12.2. The predicted molar refractivity (Wildman–Crippen MR) is 164 cm³/mol. The number of amides is 2. The number of nitrogens with zero attached hydrogens (tertiary/aromatic N) is 2. The molecule has 3 aliphatic rings. The lowest BCUT2D eigenvalue weighted by Gasteiger charge is -2.36. The van der Waals surface area contributed by atoms with Crippen LogP contribution in [0.5, 0.6) is 0 Å². The van der Waals surface area contributed by atoms with Crippen molar-refractivity contribution in [2.45, 2.75) is 71.6 Å². The first-order chi connectivity index (χ1) is 19.3. The van der Waals surface area contributed by atoms with Gasteiger partial charge in [-0.05, 0) is 95.5 Å². The Morgan fingerprint density at radius 3 is 2.40 bits per heavy atom. The zero-order valence-electron chi connectivity index (χ0n) is 25.1. The molecule has 1 aromatic rings. The van der Waals surface area contributed by atoms with Crippen LogP contribution >= 0.6 is 0 Å². The summed E-state index contributed by atoms with van der Waals surface area (Å²) in [5, 5.41) is 3.02. The summed E-state index contributed by atoms with van der Waals surface area (Å²) in [5.74, 6) is 3.98. The molecule has 1 aliphatic carbocycles. The number of carbonyl (C=O) groups excluding carboxylic acids is 2. The molecule has 1 atom stereocenters. The van der Waals surface area contributed by atoms with E-state index in [1.165, 1.54) is 24.5 Å². The molecule has 2 amide bonds. The van der Waals surface area contributed by atoms with Crippen LogP contribution in [0.15, 0.2) is 54.1 Å². The highest BCUT2D eigenvalue weighted by atomic mass is 19.1. The normalized spacial score (nSPS) is 19.4. The Morgan fingerprint density at radius 1 is 1.20 bits per heavy atom. The van der Waals surface area contributed by atoms with E-state index in [0.717, 1.165) is 63.9 Å². The van der Waals surface area contributed by atoms with Crippen molar-refractivity contribution in [1.82, 2.24) is 15.1 Å². The largest absolute Gasteiger partial charge is 0.356 e. The van der Waals surface area contributed by atoms with E-state index in [4.69, 9.17) is 0 Å². The highest BCUT2D eigenvalue weighted by Gasteiger charge is 2.47. The van der Waals surface area contributed by atoms with Gasteiger partial charge in [-0.25, -0.2) is 4.39 Å². The van der Waals surface area contributed by atoms with Gasteiger partial charge in [0, 0.05) is 26.1 Å². The molecule has 0 radical (unpaired) electrons. The van der Waals surface area contributed by atoms with Crippen LogP contribution in [0.3, 0.4) is 0 Å². The second-order valence-corrected chi connectivity index (χ2v) is 11.4. The number of hydrogen-bond acceptors (Lipinski definition) is 3. The lowest BCUT2D eigenvalue weighted by atomic mass is 9.77. The Morgan fingerprint density at radius 2 is 1.82 bits per heavy atom. The van der Waals surface area contributed by atoms with Gasteiger partial charge in [0.05, 0.1) is 5.41 Å². The average molecular weight is 552 g/mol. The van der Waals surface area contributed by atoms with Gasteiger partial charge in [-0.1, -0.05) is 55.5 Å². The fraction of sp³-hybridized carbons (Fsp3) is 0.588. The summed E-state index contributed by atoms with van der Waals surface area (Å²) in [6.45, 7) is 9.61. The summed E-state index contributed by atoms with van der Waals surface area (Å²) >= 11 is 0. The van der Waals surface area contributed by atoms with Crippen LogP contribution in [-0.2, 0) is 9.59 Å². The molecule has 6 heteroatoms. The third-order valence-electron chi connectivity index (χ3n) is 8.15. The smallest absolute Gasteiger partial charge is 0.229 e. The van der Waals surface area contributed by atoms with Crippen LogP contribution in [0, 0.1) is 23.7 Å². The second kappa shape index (κ2) is 17.7. The van der Waals surface area contributed by atoms with Crippen molar-refractivity contribution in [2.75, 3.05) is 46.4 Å². The number of carbonyl (C=O) groups is 2. The van der Waals surface area contributed by atoms with Crippen LogP contribution in [-0.4, -0.2) is 68.1 Å². The summed E-state index contributed by atoms with van der Waals surface area (Å²) in [5.41, 5.74) is 2.25.